The maximum absolute atomic E-state index is 12.4. The van der Waals surface area contributed by atoms with Crippen LogP contribution in [0.3, 0.4) is 0 Å². The summed E-state index contributed by atoms with van der Waals surface area (Å²) in [5, 5.41) is 16.5. The average molecular weight is 398 g/mol. The predicted octanol–water partition coefficient (Wildman–Crippen LogP) is 2.23. The molecule has 0 unspecified atom stereocenters. The Morgan fingerprint density at radius 2 is 2.03 bits per heavy atom. The summed E-state index contributed by atoms with van der Waals surface area (Å²) in [6.07, 6.45) is 5.28. The molecule has 0 spiro atoms. The second kappa shape index (κ2) is 9.80. The fourth-order valence-electron chi connectivity index (χ4n) is 3.70. The van der Waals surface area contributed by atoms with Gasteiger partial charge in [0.2, 0.25) is 0 Å². The lowest BCUT2D eigenvalue weighted by Crippen LogP contribution is -2.42. The number of hydrogen-bond donors (Lipinski definition) is 3. The van der Waals surface area contributed by atoms with Gasteiger partial charge in [0.15, 0.2) is 0 Å². The number of fused-ring (bicyclic) bond motifs is 1. The maximum atomic E-state index is 12.4. The summed E-state index contributed by atoms with van der Waals surface area (Å²) in [4.78, 5) is 22.8. The van der Waals surface area contributed by atoms with Crippen molar-refractivity contribution < 1.29 is 9.90 Å². The van der Waals surface area contributed by atoms with Crippen molar-refractivity contribution in [1.82, 2.24) is 20.2 Å². The van der Waals surface area contributed by atoms with Gasteiger partial charge in [0.25, 0.3) is 5.91 Å². The Kier molecular flexibility index (Phi) is 7.17. The Labute approximate surface area is 172 Å². The van der Waals surface area contributed by atoms with Crippen molar-refractivity contribution in [3.05, 3.63) is 53.5 Å². The van der Waals surface area contributed by atoms with Crippen molar-refractivity contribution >= 4 is 11.7 Å². The van der Waals surface area contributed by atoms with Crippen LogP contribution in [0.2, 0.25) is 0 Å². The number of benzene rings is 1. The van der Waals surface area contributed by atoms with Gasteiger partial charge in [-0.1, -0.05) is 31.7 Å². The highest BCUT2D eigenvalue weighted by Crippen LogP contribution is 2.22. The number of carbonyl (C=O) groups is 1. The fraction of sp³-hybridized carbons (Fsp3) is 0.500. The quantitative estimate of drug-likeness (QED) is 0.664. The second-order valence-corrected chi connectivity index (χ2v) is 7.68. The normalized spacial score (nSPS) is 17.4. The molecule has 4 rings (SSSR count). The van der Waals surface area contributed by atoms with Crippen molar-refractivity contribution in [2.75, 3.05) is 25.0 Å². The predicted molar refractivity (Wildman–Crippen MR) is 114 cm³/mol. The third-order valence-electron chi connectivity index (χ3n) is 5.53. The number of rotatable bonds is 7. The van der Waals surface area contributed by atoms with Crippen LogP contribution in [0.25, 0.3) is 0 Å². The van der Waals surface area contributed by atoms with Crippen LogP contribution < -0.4 is 10.6 Å². The Morgan fingerprint density at radius 1 is 1.24 bits per heavy atom. The van der Waals surface area contributed by atoms with Crippen LogP contribution in [-0.4, -0.2) is 57.7 Å². The Morgan fingerprint density at radius 3 is 2.79 bits per heavy atom. The molecule has 1 aliphatic heterocycles. The van der Waals surface area contributed by atoms with E-state index in [0.29, 0.717) is 24.1 Å². The van der Waals surface area contributed by atoms with E-state index in [-0.39, 0.29) is 19.9 Å². The molecule has 2 aliphatic rings. The number of aromatic nitrogens is 2. The molecule has 1 saturated carbocycles. The molecule has 1 fully saturated rings. The molecule has 2 heterocycles. The number of nitrogens with zero attached hydrogens (tertiary/aromatic N) is 3. The second-order valence-electron chi connectivity index (χ2n) is 7.68. The monoisotopic (exact) mass is 397 g/mol. The van der Waals surface area contributed by atoms with E-state index in [2.05, 4.69) is 49.8 Å². The molecule has 1 aromatic carbocycles. The zero-order valence-electron chi connectivity index (χ0n) is 16.0. The first-order valence-electron chi connectivity index (χ1n) is 10.0. The van der Waals surface area contributed by atoms with Crippen LogP contribution in [0.15, 0.2) is 36.7 Å². The number of anilines is 1. The molecule has 0 saturated heterocycles. The van der Waals surface area contributed by atoms with E-state index in [9.17, 15) is 9.90 Å². The summed E-state index contributed by atoms with van der Waals surface area (Å²) in [6.45, 7) is 2.49. The third-order valence-corrected chi connectivity index (χ3v) is 5.53. The van der Waals surface area contributed by atoms with Crippen LogP contribution in [-0.2, 0) is 13.0 Å². The highest BCUT2D eigenvalue weighted by atomic mass is 16.3. The summed E-state index contributed by atoms with van der Waals surface area (Å²) in [5.74, 6) is 0.388. The molecule has 7 heteroatoms. The fourth-order valence-corrected chi connectivity index (χ4v) is 3.70. The molecular weight excluding hydrogens is 366 g/mol. The summed E-state index contributed by atoms with van der Waals surface area (Å²) >= 11 is 0. The molecular formula is C22H31N5O2. The van der Waals surface area contributed by atoms with Gasteiger partial charge in [0.1, 0.15) is 17.8 Å². The molecule has 2 aromatic rings. The minimum atomic E-state index is -0.622. The van der Waals surface area contributed by atoms with Gasteiger partial charge in [0, 0.05) is 38.3 Å². The minimum absolute atomic E-state index is 0. The smallest absolute Gasteiger partial charge is 0.270 e. The largest absolute Gasteiger partial charge is 0.390 e. The number of aliphatic hydroxyl groups is 1. The van der Waals surface area contributed by atoms with Gasteiger partial charge < -0.3 is 15.7 Å². The lowest BCUT2D eigenvalue weighted by atomic mass is 9.93. The van der Waals surface area contributed by atoms with Crippen molar-refractivity contribution in [3.8, 4) is 0 Å². The zero-order chi connectivity index (χ0) is 19.3. The topological polar surface area (TPSA) is 90.4 Å². The molecule has 3 N–H and O–H groups in total. The molecule has 1 aliphatic carbocycles. The van der Waals surface area contributed by atoms with E-state index in [1.54, 1.807) is 6.07 Å². The highest BCUT2D eigenvalue weighted by Gasteiger charge is 2.20. The van der Waals surface area contributed by atoms with Crippen LogP contribution >= 0.6 is 0 Å². The van der Waals surface area contributed by atoms with Crippen molar-refractivity contribution in [3.63, 3.8) is 0 Å². The van der Waals surface area contributed by atoms with Crippen LogP contribution in [0.1, 0.15) is 48.3 Å². The first-order chi connectivity index (χ1) is 13.7. The summed E-state index contributed by atoms with van der Waals surface area (Å²) in [7, 11) is 0. The molecule has 1 amide bonds. The SMILES string of the molecule is C.O=C(NC[C@H](O)CN1CCc2ccccc2C1)c1cc(NC2CCC2)ncn1. The van der Waals surface area contributed by atoms with E-state index in [4.69, 9.17) is 0 Å². The van der Waals surface area contributed by atoms with Crippen molar-refractivity contribution in [2.24, 2.45) is 0 Å². The molecule has 0 bridgehead atoms. The molecule has 1 atom stereocenters. The summed E-state index contributed by atoms with van der Waals surface area (Å²) in [5.41, 5.74) is 3.02. The van der Waals surface area contributed by atoms with Gasteiger partial charge in [-0.05, 0) is 36.8 Å². The first kappa shape index (κ1) is 21.2. The molecule has 1 aromatic heterocycles. The lowest BCUT2D eigenvalue weighted by molar-refractivity contribution is 0.0838. The van der Waals surface area contributed by atoms with E-state index in [1.165, 1.54) is 23.9 Å². The highest BCUT2D eigenvalue weighted by molar-refractivity contribution is 5.92. The van der Waals surface area contributed by atoms with Gasteiger partial charge in [-0.2, -0.15) is 0 Å². The van der Waals surface area contributed by atoms with Crippen LogP contribution in [0, 0.1) is 0 Å². The molecule has 7 nitrogen and oxygen atoms in total. The lowest BCUT2D eigenvalue weighted by Gasteiger charge is -2.30. The van der Waals surface area contributed by atoms with Crippen molar-refractivity contribution in [1.29, 1.82) is 0 Å². The Bertz CT molecular complexity index is 824. The van der Waals surface area contributed by atoms with E-state index >= 15 is 0 Å². The molecule has 0 radical (unpaired) electrons. The van der Waals surface area contributed by atoms with Gasteiger partial charge >= 0.3 is 0 Å². The van der Waals surface area contributed by atoms with Gasteiger partial charge in [-0.15, -0.1) is 0 Å². The Hall–Kier alpha value is -2.51. The average Bonchev–Trinajstić information content (AvgIpc) is 2.69. The summed E-state index contributed by atoms with van der Waals surface area (Å²) in [6, 6.07) is 10.5. The first-order valence-corrected chi connectivity index (χ1v) is 10.0. The van der Waals surface area contributed by atoms with Crippen LogP contribution in [0.4, 0.5) is 5.82 Å². The summed E-state index contributed by atoms with van der Waals surface area (Å²) < 4.78 is 0. The maximum Gasteiger partial charge on any atom is 0.270 e. The van der Waals surface area contributed by atoms with Crippen molar-refractivity contribution in [2.45, 2.75) is 51.8 Å². The van der Waals surface area contributed by atoms with Gasteiger partial charge in [0.05, 0.1) is 6.10 Å². The molecule has 29 heavy (non-hydrogen) atoms. The number of β-amino-alcohol motifs (C(OH)–C–C–N with tert-alkyl or cyclic N) is 1. The number of amides is 1. The standard InChI is InChI=1S/C21H27N5O2.CH4/c27-18(13-26-9-8-15-4-1-2-5-16(15)12-26)11-22-21(28)19-10-20(24-14-23-19)25-17-6-3-7-17;/h1-2,4-5,10,14,17-18,27H,3,6-9,11-13H2,(H,22,28)(H,23,24,25);1H4/t18-;/m0./s1. The van der Waals surface area contributed by atoms with E-state index in [0.717, 1.165) is 32.4 Å². The zero-order valence-corrected chi connectivity index (χ0v) is 16.0. The molecule has 156 valence electrons. The third kappa shape index (κ3) is 5.52. The number of hydrogen-bond acceptors (Lipinski definition) is 6. The number of carbonyl (C=O) groups excluding carboxylic acids is 1. The number of aliphatic hydroxyl groups excluding tert-OH is 1. The Balaban J connectivity index is 0.00000240. The van der Waals surface area contributed by atoms with E-state index in [1.807, 2.05) is 0 Å². The van der Waals surface area contributed by atoms with Gasteiger partial charge in [-0.3, -0.25) is 9.69 Å². The van der Waals surface area contributed by atoms with E-state index < -0.39 is 6.10 Å². The van der Waals surface area contributed by atoms with Gasteiger partial charge in [-0.25, -0.2) is 9.97 Å². The minimum Gasteiger partial charge on any atom is -0.390 e. The number of nitrogens with one attached hydrogen (secondary N) is 2. The van der Waals surface area contributed by atoms with Crippen LogP contribution in [0.5, 0.6) is 0 Å².